The smallest absolute Gasteiger partial charge is 0.387 e. The van der Waals surface area contributed by atoms with Gasteiger partial charge < -0.3 is 16.0 Å². The third kappa shape index (κ3) is 5.05. The molecule has 2 aromatic heterocycles. The van der Waals surface area contributed by atoms with E-state index in [-0.39, 0.29) is 11.6 Å². The van der Waals surface area contributed by atoms with Gasteiger partial charge in [0.2, 0.25) is 5.95 Å². The summed E-state index contributed by atoms with van der Waals surface area (Å²) in [5, 5.41) is 8.14. The second kappa shape index (κ2) is 8.93. The van der Waals surface area contributed by atoms with Gasteiger partial charge in [0, 0.05) is 30.9 Å². The number of rotatable bonds is 3. The number of aliphatic imine (C=N–C) groups is 1. The molecule has 3 N–H and O–H groups in total. The average Bonchev–Trinajstić information content (AvgIpc) is 3.16. The lowest BCUT2D eigenvalue weighted by molar-refractivity contribution is -0.139. The number of aromatic nitrogens is 3. The topological polar surface area (TPSA) is 83.8 Å². The summed E-state index contributed by atoms with van der Waals surface area (Å²) >= 11 is 5.28. The minimum atomic E-state index is -4.79. The van der Waals surface area contributed by atoms with Crippen molar-refractivity contribution in [2.45, 2.75) is 32.0 Å². The highest BCUT2D eigenvalue weighted by molar-refractivity contribution is 7.80. The van der Waals surface area contributed by atoms with Crippen molar-refractivity contribution in [3.05, 3.63) is 47.9 Å². The molecule has 4 rings (SSSR count). The summed E-state index contributed by atoms with van der Waals surface area (Å²) in [6.07, 6.45) is -1.60. The van der Waals surface area contributed by atoms with Crippen molar-refractivity contribution in [3.63, 3.8) is 0 Å². The van der Waals surface area contributed by atoms with Crippen molar-refractivity contribution in [2.24, 2.45) is 10.7 Å². The number of halogens is 4. The van der Waals surface area contributed by atoms with E-state index in [2.05, 4.69) is 20.4 Å². The number of piperidine rings is 1. The molecule has 0 bridgehead atoms. The predicted molar refractivity (Wildman–Crippen MR) is 121 cm³/mol. The number of fused-ring (bicyclic) bond motifs is 1. The van der Waals surface area contributed by atoms with Crippen molar-refractivity contribution in [3.8, 4) is 11.1 Å². The first-order chi connectivity index (χ1) is 15.6. The van der Waals surface area contributed by atoms with Gasteiger partial charge in [0.05, 0.1) is 11.4 Å². The van der Waals surface area contributed by atoms with Gasteiger partial charge in [-0.05, 0) is 61.8 Å². The Bertz CT molecular complexity index is 1210. The molecule has 3 aromatic rings. The lowest BCUT2D eigenvalue weighted by Gasteiger charge is -2.32. The van der Waals surface area contributed by atoms with Crippen LogP contribution in [0.2, 0.25) is 0 Å². The van der Waals surface area contributed by atoms with Gasteiger partial charge in [0.15, 0.2) is 10.8 Å². The van der Waals surface area contributed by atoms with Gasteiger partial charge in [-0.2, -0.15) is 18.2 Å². The number of hydrogen-bond acceptors (Lipinski definition) is 4. The van der Waals surface area contributed by atoms with Gasteiger partial charge in [-0.25, -0.2) is 13.9 Å². The molecule has 1 saturated heterocycles. The number of hydrogen-bond donors (Lipinski definition) is 2. The molecule has 174 valence electrons. The predicted octanol–water partition coefficient (Wildman–Crippen LogP) is 4.09. The molecule has 1 fully saturated rings. The van der Waals surface area contributed by atoms with Crippen molar-refractivity contribution >= 4 is 34.8 Å². The third-order valence-corrected chi connectivity index (χ3v) is 5.67. The van der Waals surface area contributed by atoms with Crippen molar-refractivity contribution in [1.82, 2.24) is 19.5 Å². The van der Waals surface area contributed by atoms with E-state index in [1.54, 1.807) is 25.3 Å². The van der Waals surface area contributed by atoms with Gasteiger partial charge >= 0.3 is 6.18 Å². The first-order valence-corrected chi connectivity index (χ1v) is 10.6. The Kier molecular flexibility index (Phi) is 6.19. The number of nitrogens with two attached hydrogens (primary N) is 1. The van der Waals surface area contributed by atoms with Crippen LogP contribution in [0, 0.1) is 5.82 Å². The molecule has 12 heteroatoms. The van der Waals surface area contributed by atoms with Crippen molar-refractivity contribution < 1.29 is 17.6 Å². The maximum Gasteiger partial charge on any atom is 0.419 e. The summed E-state index contributed by atoms with van der Waals surface area (Å²) in [4.78, 5) is 10.6. The normalized spacial score (nSPS) is 15.8. The Morgan fingerprint density at radius 3 is 2.64 bits per heavy atom. The maximum atomic E-state index is 13.7. The van der Waals surface area contributed by atoms with Gasteiger partial charge in [-0.15, -0.1) is 5.10 Å². The summed E-state index contributed by atoms with van der Waals surface area (Å²) in [5.74, 6) is -0.550. The number of nitrogens with zero attached hydrogens (tertiary/aromatic N) is 5. The maximum absolute atomic E-state index is 13.7. The fraction of sp³-hybridized carbons (Fsp3) is 0.333. The summed E-state index contributed by atoms with van der Waals surface area (Å²) in [6, 6.07) is 6.27. The third-order valence-electron chi connectivity index (χ3n) is 5.32. The lowest BCUT2D eigenvalue weighted by Crippen LogP contribution is -2.41. The highest BCUT2D eigenvalue weighted by atomic mass is 32.1. The summed E-state index contributed by atoms with van der Waals surface area (Å²) < 4.78 is 54.7. The molecule has 1 aliphatic heterocycles. The fourth-order valence-corrected chi connectivity index (χ4v) is 4.05. The number of anilines is 1. The molecule has 3 heterocycles. The Labute approximate surface area is 192 Å². The van der Waals surface area contributed by atoms with E-state index in [0.29, 0.717) is 41.2 Å². The van der Waals surface area contributed by atoms with E-state index >= 15 is 0 Å². The SMILES string of the molecule is C/C(N)=N/C(=S)N1CCC(Nc2nc3c(-c4ccc(F)c(C(F)(F)F)c4)cccn3n2)CC1. The number of thiocarbonyl (C=S) groups is 1. The molecular formula is C21H21F4N7S. The van der Waals surface area contributed by atoms with Crippen LogP contribution in [0.25, 0.3) is 16.8 Å². The Hall–Kier alpha value is -3.28. The first-order valence-electron chi connectivity index (χ1n) is 10.2. The molecule has 0 spiro atoms. The fourth-order valence-electron chi connectivity index (χ4n) is 3.72. The summed E-state index contributed by atoms with van der Waals surface area (Å²) in [5.41, 5.74) is 5.25. The second-order valence-corrected chi connectivity index (χ2v) is 8.12. The van der Waals surface area contributed by atoms with Crippen LogP contribution in [0.15, 0.2) is 41.5 Å². The minimum absolute atomic E-state index is 0.0931. The number of amidine groups is 1. The summed E-state index contributed by atoms with van der Waals surface area (Å²) in [7, 11) is 0. The van der Waals surface area contributed by atoms with Gasteiger partial charge in [0.1, 0.15) is 5.82 Å². The van der Waals surface area contributed by atoms with E-state index in [4.69, 9.17) is 18.0 Å². The Morgan fingerprint density at radius 2 is 1.97 bits per heavy atom. The highest BCUT2D eigenvalue weighted by Gasteiger charge is 2.34. The standard InChI is InChI=1S/C21H21F4N7S/c1-12(26)27-20(33)31-9-6-14(7-10-31)28-19-29-18-15(3-2-8-32(18)30-19)13-4-5-17(22)16(11-13)21(23,24)25/h2-5,8,11,14H,6-7,9-10H2,1H3,(H,28,30)(H2,26,27,33). The van der Waals surface area contributed by atoms with Crippen LogP contribution in [-0.4, -0.2) is 49.6 Å². The van der Waals surface area contributed by atoms with Gasteiger partial charge in [-0.3, -0.25) is 0 Å². The molecule has 0 unspecified atom stereocenters. The van der Waals surface area contributed by atoms with E-state index < -0.39 is 17.6 Å². The van der Waals surface area contributed by atoms with Gasteiger partial charge in [0.25, 0.3) is 0 Å². The Morgan fingerprint density at radius 1 is 1.24 bits per heavy atom. The number of alkyl halides is 3. The molecular weight excluding hydrogens is 458 g/mol. The van der Waals surface area contributed by atoms with Crippen LogP contribution in [0.1, 0.15) is 25.3 Å². The zero-order valence-corrected chi connectivity index (χ0v) is 18.4. The van der Waals surface area contributed by atoms with Gasteiger partial charge in [-0.1, -0.05) is 6.07 Å². The van der Waals surface area contributed by atoms with Crippen molar-refractivity contribution in [1.29, 1.82) is 0 Å². The zero-order valence-electron chi connectivity index (χ0n) is 17.6. The molecule has 0 amide bonds. The Balaban J connectivity index is 1.53. The quantitative estimate of drug-likeness (QED) is 0.255. The molecule has 0 atom stereocenters. The van der Waals surface area contributed by atoms with E-state index in [1.165, 1.54) is 10.6 Å². The van der Waals surface area contributed by atoms with Crippen LogP contribution in [0.3, 0.4) is 0 Å². The van der Waals surface area contributed by atoms with Crippen LogP contribution < -0.4 is 11.1 Å². The van der Waals surface area contributed by atoms with Crippen LogP contribution in [0.4, 0.5) is 23.5 Å². The van der Waals surface area contributed by atoms with Crippen LogP contribution in [-0.2, 0) is 6.18 Å². The molecule has 1 aliphatic rings. The van der Waals surface area contributed by atoms with E-state index in [1.807, 2.05) is 4.90 Å². The molecule has 0 saturated carbocycles. The van der Waals surface area contributed by atoms with Crippen LogP contribution >= 0.6 is 12.2 Å². The lowest BCUT2D eigenvalue weighted by atomic mass is 10.0. The van der Waals surface area contributed by atoms with Crippen LogP contribution in [0.5, 0.6) is 0 Å². The number of pyridine rings is 1. The molecule has 0 radical (unpaired) electrons. The number of likely N-dealkylation sites (tertiary alicyclic amines) is 1. The van der Waals surface area contributed by atoms with E-state index in [0.717, 1.165) is 25.0 Å². The molecule has 7 nitrogen and oxygen atoms in total. The monoisotopic (exact) mass is 479 g/mol. The second-order valence-electron chi connectivity index (χ2n) is 7.76. The highest BCUT2D eigenvalue weighted by Crippen LogP contribution is 2.35. The number of benzene rings is 1. The first kappa shape index (κ1) is 22.9. The van der Waals surface area contributed by atoms with Crippen molar-refractivity contribution in [2.75, 3.05) is 18.4 Å². The minimum Gasteiger partial charge on any atom is -0.387 e. The number of nitrogens with one attached hydrogen (secondary N) is 1. The molecule has 33 heavy (non-hydrogen) atoms. The summed E-state index contributed by atoms with van der Waals surface area (Å²) in [6.45, 7) is 3.07. The molecule has 1 aromatic carbocycles. The largest absolute Gasteiger partial charge is 0.419 e. The average molecular weight is 480 g/mol. The van der Waals surface area contributed by atoms with E-state index in [9.17, 15) is 17.6 Å². The molecule has 0 aliphatic carbocycles. The zero-order chi connectivity index (χ0) is 23.8.